The summed E-state index contributed by atoms with van der Waals surface area (Å²) >= 11 is 0. The molecule has 0 aliphatic rings. The Morgan fingerprint density at radius 3 is 1.56 bits per heavy atom. The molecule has 0 rings (SSSR count). The number of carbonyl (C=O) groups excluding carboxylic acids is 2. The van der Waals surface area contributed by atoms with Gasteiger partial charge < -0.3 is 20.9 Å². The van der Waals surface area contributed by atoms with Crippen LogP contribution in [0.15, 0.2) is 0 Å². The molecule has 0 fully saturated rings. The summed E-state index contributed by atoms with van der Waals surface area (Å²) in [5.41, 5.74) is 11.2. The van der Waals surface area contributed by atoms with Crippen LogP contribution < -0.4 is 11.5 Å². The number of ether oxygens (including phenoxy) is 2. The van der Waals surface area contributed by atoms with Crippen molar-refractivity contribution in [3.05, 3.63) is 0 Å². The van der Waals surface area contributed by atoms with Crippen LogP contribution in [0.1, 0.15) is 13.8 Å². The van der Waals surface area contributed by atoms with Crippen LogP contribution in [-0.4, -0.2) is 48.7 Å². The second-order valence-electron chi connectivity index (χ2n) is 3.29. The molecular formula is C10H20N2O4S2. The lowest BCUT2D eigenvalue weighted by atomic mass is 10.4. The Morgan fingerprint density at radius 2 is 1.28 bits per heavy atom. The Kier molecular flexibility index (Phi) is 10.2. The van der Waals surface area contributed by atoms with Gasteiger partial charge in [-0.3, -0.25) is 9.59 Å². The number of esters is 2. The maximum atomic E-state index is 11.2. The second kappa shape index (κ2) is 10.5. The minimum Gasteiger partial charge on any atom is -0.465 e. The molecule has 0 unspecified atom stereocenters. The lowest BCUT2D eigenvalue weighted by Gasteiger charge is -2.11. The number of hydrogen-bond acceptors (Lipinski definition) is 8. The van der Waals surface area contributed by atoms with Gasteiger partial charge in [-0.2, -0.15) is 0 Å². The zero-order valence-electron chi connectivity index (χ0n) is 10.6. The monoisotopic (exact) mass is 296 g/mol. The van der Waals surface area contributed by atoms with E-state index >= 15 is 0 Å². The first-order chi connectivity index (χ1) is 8.52. The molecule has 0 aliphatic carbocycles. The Hall–Kier alpha value is -0.440. The molecule has 0 aromatic heterocycles. The topological polar surface area (TPSA) is 105 Å². The van der Waals surface area contributed by atoms with Gasteiger partial charge in [0.2, 0.25) is 0 Å². The number of rotatable bonds is 9. The van der Waals surface area contributed by atoms with Gasteiger partial charge in [-0.15, -0.1) is 0 Å². The molecule has 0 aromatic carbocycles. The summed E-state index contributed by atoms with van der Waals surface area (Å²) in [7, 11) is 2.76. The highest BCUT2D eigenvalue weighted by Gasteiger charge is 2.17. The summed E-state index contributed by atoms with van der Waals surface area (Å²) in [5.74, 6) is -0.00135. The van der Waals surface area contributed by atoms with E-state index in [4.69, 9.17) is 20.9 Å². The molecule has 0 amide bonds. The highest BCUT2D eigenvalue weighted by atomic mass is 33.1. The van der Waals surface area contributed by atoms with Crippen LogP contribution in [0, 0.1) is 0 Å². The summed E-state index contributed by atoms with van der Waals surface area (Å²) in [6.45, 7) is 4.09. The lowest BCUT2D eigenvalue weighted by Crippen LogP contribution is -2.35. The average molecular weight is 296 g/mol. The third kappa shape index (κ3) is 7.80. The lowest BCUT2D eigenvalue weighted by molar-refractivity contribution is -0.144. The van der Waals surface area contributed by atoms with Gasteiger partial charge in [-0.05, 0) is 13.8 Å². The van der Waals surface area contributed by atoms with Gasteiger partial charge in [0.1, 0.15) is 12.1 Å². The van der Waals surface area contributed by atoms with Crippen molar-refractivity contribution in [2.45, 2.75) is 25.9 Å². The van der Waals surface area contributed by atoms with Gasteiger partial charge in [0.05, 0.1) is 13.2 Å². The molecular weight excluding hydrogens is 276 g/mol. The first kappa shape index (κ1) is 17.6. The van der Waals surface area contributed by atoms with Gasteiger partial charge in [0, 0.05) is 11.5 Å². The van der Waals surface area contributed by atoms with E-state index in [9.17, 15) is 9.59 Å². The van der Waals surface area contributed by atoms with Crippen LogP contribution in [0.2, 0.25) is 0 Å². The smallest absolute Gasteiger partial charge is 0.323 e. The normalized spacial score (nSPS) is 13.8. The maximum absolute atomic E-state index is 11.2. The summed E-state index contributed by atoms with van der Waals surface area (Å²) < 4.78 is 9.53. The first-order valence-corrected chi connectivity index (χ1v) is 8.10. The van der Waals surface area contributed by atoms with Crippen molar-refractivity contribution in [3.63, 3.8) is 0 Å². The first-order valence-electron chi connectivity index (χ1n) is 5.61. The standard InChI is InChI=1S/C10H20N2O4S2/c1-3-15-9(13)7(11)5-17-18-6-8(12)10(14)16-4-2/h7-8H,3-6,11-12H2,1-2H3/t7-,8-/m1/s1. The molecule has 6 nitrogen and oxygen atoms in total. The fourth-order valence-electron chi connectivity index (χ4n) is 0.878. The van der Waals surface area contributed by atoms with Gasteiger partial charge in [0.25, 0.3) is 0 Å². The van der Waals surface area contributed by atoms with E-state index in [1.807, 2.05) is 0 Å². The quantitative estimate of drug-likeness (QED) is 0.352. The average Bonchev–Trinajstić information content (AvgIpc) is 2.34. The predicted molar refractivity (Wildman–Crippen MR) is 74.1 cm³/mol. The van der Waals surface area contributed by atoms with Crippen LogP contribution >= 0.6 is 21.6 Å². The molecule has 0 bridgehead atoms. The van der Waals surface area contributed by atoms with Crippen molar-refractivity contribution in [1.29, 1.82) is 0 Å². The van der Waals surface area contributed by atoms with Crippen molar-refractivity contribution >= 4 is 33.5 Å². The third-order valence-electron chi connectivity index (χ3n) is 1.76. The van der Waals surface area contributed by atoms with E-state index in [-0.39, 0.29) is 0 Å². The third-order valence-corrected chi connectivity index (χ3v) is 4.23. The number of nitrogens with two attached hydrogens (primary N) is 2. The van der Waals surface area contributed by atoms with Crippen LogP contribution in [0.25, 0.3) is 0 Å². The van der Waals surface area contributed by atoms with Gasteiger partial charge in [0.15, 0.2) is 0 Å². The minimum absolute atomic E-state index is 0.318. The highest BCUT2D eigenvalue weighted by Crippen LogP contribution is 2.22. The van der Waals surface area contributed by atoms with E-state index in [2.05, 4.69) is 0 Å². The molecule has 0 aromatic rings. The molecule has 106 valence electrons. The second-order valence-corrected chi connectivity index (χ2v) is 5.84. The maximum Gasteiger partial charge on any atom is 0.323 e. The summed E-state index contributed by atoms with van der Waals surface area (Å²) in [5, 5.41) is 0. The Bertz CT molecular complexity index is 240. The summed E-state index contributed by atoms with van der Waals surface area (Å²) in [6.07, 6.45) is 0. The molecule has 18 heavy (non-hydrogen) atoms. The SMILES string of the molecule is CCOC(=O)[C@H](N)CSSC[C@@H](N)C(=O)OCC. The zero-order chi connectivity index (χ0) is 14.0. The Morgan fingerprint density at radius 1 is 0.944 bits per heavy atom. The molecule has 0 saturated carbocycles. The number of hydrogen-bond donors (Lipinski definition) is 2. The van der Waals surface area contributed by atoms with Crippen LogP contribution in [0.4, 0.5) is 0 Å². The van der Waals surface area contributed by atoms with Gasteiger partial charge in [-0.25, -0.2) is 0 Å². The van der Waals surface area contributed by atoms with Crippen LogP contribution in [0.5, 0.6) is 0 Å². The predicted octanol–water partition coefficient (Wildman–Crippen LogP) is 0.149. The fraction of sp³-hybridized carbons (Fsp3) is 0.800. The largest absolute Gasteiger partial charge is 0.465 e. The Labute approximate surface area is 115 Å². The van der Waals surface area contributed by atoms with Crippen molar-refractivity contribution in [2.75, 3.05) is 24.7 Å². The summed E-state index contributed by atoms with van der Waals surface area (Å²) in [4.78, 5) is 22.4. The van der Waals surface area contributed by atoms with Crippen LogP contribution in [0.3, 0.4) is 0 Å². The molecule has 0 radical (unpaired) electrons. The molecule has 0 saturated heterocycles. The number of carbonyl (C=O) groups is 2. The van der Waals surface area contributed by atoms with E-state index in [1.165, 1.54) is 21.6 Å². The minimum atomic E-state index is -0.652. The highest BCUT2D eigenvalue weighted by molar-refractivity contribution is 8.76. The molecule has 0 spiro atoms. The molecule has 8 heteroatoms. The van der Waals surface area contributed by atoms with E-state index in [0.717, 1.165) is 0 Å². The summed E-state index contributed by atoms with van der Waals surface area (Å²) in [6, 6.07) is -1.30. The molecule has 0 heterocycles. The van der Waals surface area contributed by atoms with Gasteiger partial charge in [-0.1, -0.05) is 21.6 Å². The van der Waals surface area contributed by atoms with Crippen molar-refractivity contribution in [3.8, 4) is 0 Å². The van der Waals surface area contributed by atoms with Crippen LogP contribution in [-0.2, 0) is 19.1 Å². The van der Waals surface area contributed by atoms with Gasteiger partial charge >= 0.3 is 11.9 Å². The molecule has 4 N–H and O–H groups in total. The fourth-order valence-corrected chi connectivity index (χ4v) is 3.09. The van der Waals surface area contributed by atoms with Crippen molar-refractivity contribution in [2.24, 2.45) is 11.5 Å². The zero-order valence-corrected chi connectivity index (χ0v) is 12.2. The Balaban J connectivity index is 3.66. The van der Waals surface area contributed by atoms with E-state index < -0.39 is 24.0 Å². The molecule has 2 atom stereocenters. The molecule has 0 aliphatic heterocycles. The van der Waals surface area contributed by atoms with Crippen molar-refractivity contribution in [1.82, 2.24) is 0 Å². The van der Waals surface area contributed by atoms with E-state index in [1.54, 1.807) is 13.8 Å². The van der Waals surface area contributed by atoms with E-state index in [0.29, 0.717) is 24.7 Å². The van der Waals surface area contributed by atoms with Crippen molar-refractivity contribution < 1.29 is 19.1 Å².